The number of hydrogen-bond donors (Lipinski definition) is 1. The van der Waals surface area contributed by atoms with Crippen LogP contribution in [0.25, 0.3) is 0 Å². The molecule has 1 N–H and O–H groups in total. The van der Waals surface area contributed by atoms with Gasteiger partial charge in [0.15, 0.2) is 6.61 Å². The van der Waals surface area contributed by atoms with Gasteiger partial charge in [-0.15, -0.1) is 0 Å². The molecule has 4 rings (SSSR count). The summed E-state index contributed by atoms with van der Waals surface area (Å²) in [7, 11) is 3.12. The number of benzene rings is 3. The Kier molecular flexibility index (Phi) is 7.85. The summed E-state index contributed by atoms with van der Waals surface area (Å²) in [5, 5.41) is 2.94. The van der Waals surface area contributed by atoms with E-state index in [9.17, 15) is 14.4 Å². The van der Waals surface area contributed by atoms with E-state index in [1.165, 1.54) is 12.0 Å². The molecule has 36 heavy (non-hydrogen) atoms. The number of methoxy groups -OCH3 is 2. The number of nitrogens with one attached hydrogen (secondary N) is 1. The Morgan fingerprint density at radius 2 is 1.58 bits per heavy atom. The van der Waals surface area contributed by atoms with Gasteiger partial charge in [0.1, 0.15) is 11.5 Å². The van der Waals surface area contributed by atoms with Gasteiger partial charge in [0, 0.05) is 13.0 Å². The second-order valence-corrected chi connectivity index (χ2v) is 8.37. The first-order valence-electron chi connectivity index (χ1n) is 11.6. The molecule has 186 valence electrons. The minimum Gasteiger partial charge on any atom is -0.497 e. The maximum absolute atomic E-state index is 12.8. The molecular weight excluding hydrogens is 460 g/mol. The van der Waals surface area contributed by atoms with Crippen molar-refractivity contribution >= 4 is 23.5 Å². The molecule has 2 atom stereocenters. The van der Waals surface area contributed by atoms with E-state index in [0.717, 1.165) is 11.1 Å². The molecule has 0 bridgehead atoms. The molecule has 1 aliphatic rings. The highest BCUT2D eigenvalue weighted by Gasteiger charge is 2.37. The minimum atomic E-state index is -0.665. The Labute approximate surface area is 209 Å². The lowest BCUT2D eigenvalue weighted by atomic mass is 9.98. The fourth-order valence-electron chi connectivity index (χ4n) is 4.21. The third-order valence-electron chi connectivity index (χ3n) is 6.07. The number of carbonyl (C=O) groups excluding carboxylic acids is 3. The summed E-state index contributed by atoms with van der Waals surface area (Å²) in [4.78, 5) is 39.6. The second kappa shape index (κ2) is 11.4. The first-order chi connectivity index (χ1) is 17.5. The van der Waals surface area contributed by atoms with Crippen molar-refractivity contribution in [2.24, 2.45) is 5.92 Å². The zero-order chi connectivity index (χ0) is 25.5. The molecule has 0 aromatic heterocycles. The molecule has 0 unspecified atom stereocenters. The fraction of sp³-hybridized carbons (Fsp3) is 0.250. The molecule has 3 aromatic rings. The van der Waals surface area contributed by atoms with Gasteiger partial charge in [-0.3, -0.25) is 14.4 Å². The highest BCUT2D eigenvalue weighted by molar-refractivity contribution is 6.00. The average Bonchev–Trinajstić information content (AvgIpc) is 3.32. The monoisotopic (exact) mass is 488 g/mol. The third kappa shape index (κ3) is 5.66. The molecule has 2 amide bonds. The summed E-state index contributed by atoms with van der Waals surface area (Å²) in [5.41, 5.74) is 2.34. The molecule has 1 saturated heterocycles. The number of rotatable bonds is 9. The van der Waals surface area contributed by atoms with Crippen LogP contribution < -0.4 is 19.7 Å². The summed E-state index contributed by atoms with van der Waals surface area (Å²) in [6, 6.07) is 23.6. The lowest BCUT2D eigenvalue weighted by Gasteiger charge is -2.21. The van der Waals surface area contributed by atoms with Crippen LogP contribution in [0, 0.1) is 5.92 Å². The van der Waals surface area contributed by atoms with E-state index in [0.29, 0.717) is 17.2 Å². The summed E-state index contributed by atoms with van der Waals surface area (Å²) >= 11 is 0. The van der Waals surface area contributed by atoms with Crippen LogP contribution in [0.2, 0.25) is 0 Å². The maximum Gasteiger partial charge on any atom is 0.311 e. The van der Waals surface area contributed by atoms with E-state index in [-0.39, 0.29) is 18.9 Å². The van der Waals surface area contributed by atoms with Crippen LogP contribution in [0.1, 0.15) is 23.6 Å². The van der Waals surface area contributed by atoms with Crippen LogP contribution in [-0.4, -0.2) is 45.2 Å². The second-order valence-electron chi connectivity index (χ2n) is 8.37. The summed E-state index contributed by atoms with van der Waals surface area (Å²) < 4.78 is 15.9. The molecule has 0 saturated carbocycles. The molecule has 1 heterocycles. The summed E-state index contributed by atoms with van der Waals surface area (Å²) in [6.07, 6.45) is 0.0109. The Morgan fingerprint density at radius 3 is 2.28 bits per heavy atom. The highest BCUT2D eigenvalue weighted by Crippen LogP contribution is 2.33. The number of anilines is 1. The van der Waals surface area contributed by atoms with E-state index in [4.69, 9.17) is 14.2 Å². The van der Waals surface area contributed by atoms with Crippen molar-refractivity contribution in [2.45, 2.75) is 12.5 Å². The largest absolute Gasteiger partial charge is 0.497 e. The van der Waals surface area contributed by atoms with Crippen molar-refractivity contribution in [2.75, 3.05) is 32.3 Å². The zero-order valence-corrected chi connectivity index (χ0v) is 20.2. The Bertz CT molecular complexity index is 1210. The molecule has 1 aliphatic heterocycles. The van der Waals surface area contributed by atoms with Crippen LogP contribution in [0.4, 0.5) is 5.69 Å². The topological polar surface area (TPSA) is 94.2 Å². The lowest BCUT2D eigenvalue weighted by Crippen LogP contribution is -2.34. The van der Waals surface area contributed by atoms with Gasteiger partial charge in [-0.05, 0) is 35.4 Å². The highest BCUT2D eigenvalue weighted by atomic mass is 16.5. The first kappa shape index (κ1) is 24.8. The Balaban J connectivity index is 1.38. The third-order valence-corrected chi connectivity index (χ3v) is 6.07. The quantitative estimate of drug-likeness (QED) is 0.464. The van der Waals surface area contributed by atoms with E-state index in [1.807, 2.05) is 60.7 Å². The molecule has 1 fully saturated rings. The van der Waals surface area contributed by atoms with Crippen molar-refractivity contribution in [3.05, 3.63) is 90.0 Å². The average molecular weight is 489 g/mol. The van der Waals surface area contributed by atoms with Gasteiger partial charge in [0.05, 0.1) is 31.9 Å². The van der Waals surface area contributed by atoms with Crippen molar-refractivity contribution in [1.82, 2.24) is 5.32 Å². The van der Waals surface area contributed by atoms with Crippen molar-refractivity contribution in [1.29, 1.82) is 0 Å². The van der Waals surface area contributed by atoms with Gasteiger partial charge < -0.3 is 24.4 Å². The predicted molar refractivity (Wildman–Crippen MR) is 134 cm³/mol. The number of amides is 2. The molecule has 0 radical (unpaired) electrons. The van der Waals surface area contributed by atoms with Gasteiger partial charge in [-0.1, -0.05) is 54.6 Å². The van der Waals surface area contributed by atoms with Crippen molar-refractivity contribution in [3.8, 4) is 11.5 Å². The normalized spacial score (nSPS) is 15.8. The first-order valence-corrected chi connectivity index (χ1v) is 11.6. The van der Waals surface area contributed by atoms with Crippen LogP contribution in [0.5, 0.6) is 11.5 Å². The zero-order valence-electron chi connectivity index (χ0n) is 20.2. The number of hydrogen-bond acceptors (Lipinski definition) is 6. The van der Waals surface area contributed by atoms with Crippen molar-refractivity contribution < 1.29 is 28.6 Å². The number of carbonyl (C=O) groups is 3. The van der Waals surface area contributed by atoms with Crippen LogP contribution in [0.3, 0.4) is 0 Å². The van der Waals surface area contributed by atoms with Crippen LogP contribution in [-0.2, 0) is 19.1 Å². The molecular formula is C28H28N2O6. The van der Waals surface area contributed by atoms with Gasteiger partial charge in [-0.2, -0.15) is 0 Å². The van der Waals surface area contributed by atoms with Gasteiger partial charge in [0.25, 0.3) is 5.91 Å². The van der Waals surface area contributed by atoms with E-state index in [2.05, 4.69) is 5.32 Å². The predicted octanol–water partition coefficient (Wildman–Crippen LogP) is 3.51. The molecule has 8 nitrogen and oxygen atoms in total. The van der Waals surface area contributed by atoms with E-state index in [1.54, 1.807) is 25.3 Å². The minimum absolute atomic E-state index is 0.0109. The Hall–Kier alpha value is -4.33. The Morgan fingerprint density at radius 1 is 0.917 bits per heavy atom. The van der Waals surface area contributed by atoms with E-state index < -0.39 is 30.4 Å². The molecule has 0 aliphatic carbocycles. The number of esters is 1. The van der Waals surface area contributed by atoms with Gasteiger partial charge in [0.2, 0.25) is 5.91 Å². The summed E-state index contributed by atoms with van der Waals surface area (Å²) in [6.45, 7) is -0.282. The summed E-state index contributed by atoms with van der Waals surface area (Å²) in [5.74, 6) is -0.643. The molecule has 8 heteroatoms. The standard InChI is InChI=1S/C28H28N2O6/c1-34-22-14-12-20(13-15-22)27(19-8-4-3-5-9-19)29-25(31)18-36-28(33)21-16-26(32)30(17-21)23-10-6-7-11-24(23)35-2/h3-15,21,27H,16-18H2,1-2H3,(H,29,31)/t21-,27+/m1/s1. The maximum atomic E-state index is 12.8. The van der Waals surface area contributed by atoms with Crippen LogP contribution in [0.15, 0.2) is 78.9 Å². The van der Waals surface area contributed by atoms with Gasteiger partial charge in [-0.25, -0.2) is 0 Å². The lowest BCUT2D eigenvalue weighted by molar-refractivity contribution is -0.152. The number of para-hydroxylation sites is 2. The molecule has 0 spiro atoms. The SMILES string of the molecule is COc1ccc([C@@H](NC(=O)COC(=O)[C@@H]2CC(=O)N(c3ccccc3OC)C2)c2ccccc2)cc1. The number of ether oxygens (including phenoxy) is 3. The van der Waals surface area contributed by atoms with E-state index >= 15 is 0 Å². The van der Waals surface area contributed by atoms with Gasteiger partial charge >= 0.3 is 5.97 Å². The fourth-order valence-corrected chi connectivity index (χ4v) is 4.21. The molecule has 3 aromatic carbocycles. The number of nitrogens with zero attached hydrogens (tertiary/aromatic N) is 1. The smallest absolute Gasteiger partial charge is 0.311 e. The van der Waals surface area contributed by atoms with Crippen LogP contribution >= 0.6 is 0 Å². The van der Waals surface area contributed by atoms with Crippen molar-refractivity contribution in [3.63, 3.8) is 0 Å².